The van der Waals surface area contributed by atoms with E-state index < -0.39 is 17.4 Å². The molecule has 7 nitrogen and oxygen atoms in total. The maximum atomic E-state index is 11.6. The van der Waals surface area contributed by atoms with Gasteiger partial charge < -0.3 is 15.7 Å². The molecule has 0 bridgehead atoms. The van der Waals surface area contributed by atoms with E-state index in [1.54, 1.807) is 18.9 Å². The SMILES string of the molecule is Cc1nn(C)c(N(CC(=O)O)C(C)(C)C)c1C(N)=O. The van der Waals surface area contributed by atoms with E-state index in [9.17, 15) is 9.59 Å². The number of aromatic nitrogens is 2. The molecule has 7 heteroatoms. The van der Waals surface area contributed by atoms with Gasteiger partial charge in [0, 0.05) is 12.6 Å². The maximum absolute atomic E-state index is 11.6. The van der Waals surface area contributed by atoms with E-state index in [4.69, 9.17) is 10.8 Å². The highest BCUT2D eigenvalue weighted by Crippen LogP contribution is 2.28. The molecule has 0 aliphatic rings. The van der Waals surface area contributed by atoms with Gasteiger partial charge >= 0.3 is 5.97 Å². The minimum absolute atomic E-state index is 0.233. The molecule has 0 unspecified atom stereocenters. The molecule has 0 aromatic carbocycles. The summed E-state index contributed by atoms with van der Waals surface area (Å²) in [5.41, 5.74) is 5.64. The van der Waals surface area contributed by atoms with Crippen LogP contribution >= 0.6 is 0 Å². The second-order valence-electron chi connectivity index (χ2n) is 5.42. The molecule has 1 aromatic rings. The summed E-state index contributed by atoms with van der Waals surface area (Å²) >= 11 is 0. The molecule has 1 heterocycles. The highest BCUT2D eigenvalue weighted by Gasteiger charge is 2.31. The summed E-state index contributed by atoms with van der Waals surface area (Å²) < 4.78 is 1.49. The summed E-state index contributed by atoms with van der Waals surface area (Å²) in [5.74, 6) is -1.16. The highest BCUT2D eigenvalue weighted by molar-refractivity contribution is 5.99. The second kappa shape index (κ2) is 4.91. The van der Waals surface area contributed by atoms with Gasteiger partial charge in [0.1, 0.15) is 17.9 Å². The van der Waals surface area contributed by atoms with Crippen molar-refractivity contribution >= 4 is 17.7 Å². The lowest BCUT2D eigenvalue weighted by Gasteiger charge is -2.36. The molecule has 1 amide bonds. The van der Waals surface area contributed by atoms with Gasteiger partial charge in [0.15, 0.2) is 0 Å². The van der Waals surface area contributed by atoms with Crippen LogP contribution in [-0.4, -0.2) is 38.8 Å². The largest absolute Gasteiger partial charge is 0.480 e. The van der Waals surface area contributed by atoms with Crippen molar-refractivity contribution in [3.8, 4) is 0 Å². The van der Waals surface area contributed by atoms with Gasteiger partial charge in [-0.25, -0.2) is 0 Å². The first-order valence-corrected chi connectivity index (χ1v) is 5.88. The molecule has 0 aliphatic carbocycles. The Morgan fingerprint density at radius 2 is 1.95 bits per heavy atom. The Hall–Kier alpha value is -2.05. The van der Waals surface area contributed by atoms with Crippen molar-refractivity contribution in [2.24, 2.45) is 12.8 Å². The Balaban J connectivity index is 3.46. The Morgan fingerprint density at radius 1 is 1.42 bits per heavy atom. The number of carbonyl (C=O) groups is 2. The lowest BCUT2D eigenvalue weighted by molar-refractivity contribution is -0.135. The summed E-state index contributed by atoms with van der Waals surface area (Å²) in [6, 6.07) is 0. The second-order valence-corrected chi connectivity index (χ2v) is 5.42. The first-order valence-electron chi connectivity index (χ1n) is 5.88. The molecule has 0 radical (unpaired) electrons. The number of amides is 1. The number of carboxylic acid groups (broad SMARTS) is 1. The summed E-state index contributed by atoms with van der Waals surface area (Å²) in [7, 11) is 1.66. The predicted octanol–water partition coefficient (Wildman–Crippen LogP) is 0.517. The van der Waals surface area contributed by atoms with Crippen molar-refractivity contribution in [2.45, 2.75) is 33.2 Å². The minimum atomic E-state index is -0.982. The van der Waals surface area contributed by atoms with Crippen LogP contribution in [0, 0.1) is 6.92 Å². The fourth-order valence-electron chi connectivity index (χ4n) is 2.01. The number of nitrogens with zero attached hydrogens (tertiary/aromatic N) is 3. The van der Waals surface area contributed by atoms with Crippen molar-refractivity contribution in [2.75, 3.05) is 11.4 Å². The van der Waals surface area contributed by atoms with Gasteiger partial charge in [0.05, 0.1) is 5.69 Å². The molecule has 19 heavy (non-hydrogen) atoms. The third kappa shape index (κ3) is 3.04. The van der Waals surface area contributed by atoms with E-state index in [2.05, 4.69) is 5.10 Å². The zero-order valence-electron chi connectivity index (χ0n) is 11.9. The standard InChI is InChI=1S/C12H20N4O3/c1-7-9(10(13)19)11(15(5)14-7)16(6-8(17)18)12(2,3)4/h6H2,1-5H3,(H2,13,19)(H,17,18). The van der Waals surface area contributed by atoms with Crippen LogP contribution in [0.1, 0.15) is 36.8 Å². The van der Waals surface area contributed by atoms with Crippen LogP contribution in [-0.2, 0) is 11.8 Å². The molecule has 106 valence electrons. The molecule has 0 atom stereocenters. The van der Waals surface area contributed by atoms with Crippen molar-refractivity contribution < 1.29 is 14.7 Å². The number of carbonyl (C=O) groups excluding carboxylic acids is 1. The number of anilines is 1. The van der Waals surface area contributed by atoms with E-state index >= 15 is 0 Å². The molecule has 0 saturated carbocycles. The van der Waals surface area contributed by atoms with Crippen LogP contribution in [0.25, 0.3) is 0 Å². The normalized spacial score (nSPS) is 11.4. The van der Waals surface area contributed by atoms with Crippen LogP contribution in [0.3, 0.4) is 0 Å². The highest BCUT2D eigenvalue weighted by atomic mass is 16.4. The summed E-state index contributed by atoms with van der Waals surface area (Å²) in [6.45, 7) is 7.03. The number of primary amides is 1. The molecule has 1 aromatic heterocycles. The molecule has 3 N–H and O–H groups in total. The molecule has 0 aliphatic heterocycles. The van der Waals surface area contributed by atoms with E-state index in [0.29, 0.717) is 11.5 Å². The number of carboxylic acids is 1. The van der Waals surface area contributed by atoms with E-state index in [0.717, 1.165) is 0 Å². The Bertz CT molecular complexity index is 514. The number of rotatable bonds is 4. The Labute approximate surface area is 112 Å². The molecule has 0 saturated heterocycles. The molecule has 0 spiro atoms. The third-order valence-corrected chi connectivity index (χ3v) is 2.80. The summed E-state index contributed by atoms with van der Waals surface area (Å²) in [6.07, 6.45) is 0. The zero-order valence-corrected chi connectivity index (χ0v) is 11.9. The van der Waals surface area contributed by atoms with Crippen molar-refractivity contribution in [3.63, 3.8) is 0 Å². The van der Waals surface area contributed by atoms with Gasteiger partial charge in [-0.05, 0) is 27.7 Å². The molecular formula is C12H20N4O3. The average molecular weight is 268 g/mol. The van der Waals surface area contributed by atoms with E-state index in [1.807, 2.05) is 20.8 Å². The number of hydrogen-bond donors (Lipinski definition) is 2. The summed E-state index contributed by atoms with van der Waals surface area (Å²) in [4.78, 5) is 24.2. The monoisotopic (exact) mass is 268 g/mol. The zero-order chi connectivity index (χ0) is 15.0. The van der Waals surface area contributed by atoms with Crippen molar-refractivity contribution in [1.82, 2.24) is 9.78 Å². The van der Waals surface area contributed by atoms with E-state index in [-0.39, 0.29) is 12.1 Å². The van der Waals surface area contributed by atoms with Crippen LogP contribution in [0.15, 0.2) is 0 Å². The van der Waals surface area contributed by atoms with Crippen LogP contribution in [0.2, 0.25) is 0 Å². The first kappa shape index (κ1) is 15.0. The van der Waals surface area contributed by atoms with E-state index in [1.165, 1.54) is 4.68 Å². The molecular weight excluding hydrogens is 248 g/mol. The lowest BCUT2D eigenvalue weighted by atomic mass is 10.0. The van der Waals surface area contributed by atoms with Crippen molar-refractivity contribution in [3.05, 3.63) is 11.3 Å². The van der Waals surface area contributed by atoms with Gasteiger partial charge in [-0.1, -0.05) is 0 Å². The molecule has 0 fully saturated rings. The first-order chi connectivity index (χ1) is 8.55. The topological polar surface area (TPSA) is 101 Å². The minimum Gasteiger partial charge on any atom is -0.480 e. The van der Waals surface area contributed by atoms with Gasteiger partial charge in [-0.3, -0.25) is 14.3 Å². The van der Waals surface area contributed by atoms with Gasteiger partial charge in [-0.2, -0.15) is 5.10 Å². The fourth-order valence-corrected chi connectivity index (χ4v) is 2.01. The van der Waals surface area contributed by atoms with Gasteiger partial charge in [0.2, 0.25) is 0 Å². The predicted molar refractivity (Wildman–Crippen MR) is 71.2 cm³/mol. The van der Waals surface area contributed by atoms with Gasteiger partial charge in [0.25, 0.3) is 5.91 Å². The van der Waals surface area contributed by atoms with Crippen LogP contribution in [0.5, 0.6) is 0 Å². The fraction of sp³-hybridized carbons (Fsp3) is 0.583. The van der Waals surface area contributed by atoms with Gasteiger partial charge in [-0.15, -0.1) is 0 Å². The third-order valence-electron chi connectivity index (χ3n) is 2.80. The number of nitrogens with two attached hydrogens (primary N) is 1. The summed E-state index contributed by atoms with van der Waals surface area (Å²) in [5, 5.41) is 13.2. The maximum Gasteiger partial charge on any atom is 0.323 e. The number of aryl methyl sites for hydroxylation is 2. The molecule has 1 rings (SSSR count). The average Bonchev–Trinajstić information content (AvgIpc) is 2.47. The number of hydrogen-bond acceptors (Lipinski definition) is 4. The lowest BCUT2D eigenvalue weighted by Crippen LogP contribution is -2.46. The van der Waals surface area contributed by atoms with Crippen LogP contribution in [0.4, 0.5) is 5.82 Å². The van der Waals surface area contributed by atoms with Crippen LogP contribution < -0.4 is 10.6 Å². The smallest absolute Gasteiger partial charge is 0.323 e. The Morgan fingerprint density at radius 3 is 2.32 bits per heavy atom. The quantitative estimate of drug-likeness (QED) is 0.828. The number of aliphatic carboxylic acids is 1. The Kier molecular flexibility index (Phi) is 3.88. The van der Waals surface area contributed by atoms with Crippen molar-refractivity contribution in [1.29, 1.82) is 0 Å².